The first-order valence-electron chi connectivity index (χ1n) is 10.0. The lowest BCUT2D eigenvalue weighted by Gasteiger charge is -2.18. The van der Waals surface area contributed by atoms with Gasteiger partial charge >= 0.3 is 0 Å². The number of fused-ring (bicyclic) bond motifs is 1. The molecule has 7 nitrogen and oxygen atoms in total. The zero-order valence-corrected chi connectivity index (χ0v) is 19.4. The van der Waals surface area contributed by atoms with E-state index < -0.39 is 27.6 Å². The van der Waals surface area contributed by atoms with Crippen molar-refractivity contribution in [2.45, 2.75) is 0 Å². The highest BCUT2D eigenvalue weighted by Gasteiger charge is 2.20. The molecule has 0 saturated carbocycles. The first kappa shape index (κ1) is 23.2. The van der Waals surface area contributed by atoms with E-state index in [0.717, 1.165) is 22.7 Å². The molecule has 1 amide bonds. The molecule has 0 atom stereocenters. The number of hydrogen-bond acceptors (Lipinski definition) is 4. The fourth-order valence-corrected chi connectivity index (χ4v) is 4.24. The van der Waals surface area contributed by atoms with Crippen LogP contribution in [0, 0.1) is 11.6 Å². The fourth-order valence-electron chi connectivity index (χ4n) is 3.75. The maximum absolute atomic E-state index is 14.5. The lowest BCUT2D eigenvalue weighted by molar-refractivity contribution is 0.0994. The molecule has 0 aliphatic carbocycles. The van der Waals surface area contributed by atoms with Gasteiger partial charge in [0, 0.05) is 30.1 Å². The molecule has 0 bridgehead atoms. The van der Waals surface area contributed by atoms with E-state index in [4.69, 9.17) is 10.5 Å². The number of carbonyl (C=O) groups excluding carboxylic acids is 1. The number of primary amides is 1. The van der Waals surface area contributed by atoms with Gasteiger partial charge in [-0.15, -0.1) is 0 Å². The molecule has 3 aromatic carbocycles. The topological polar surface area (TPSA) is 94.6 Å². The fraction of sp³-hybridized carbons (Fsp3) is 0.125. The number of nitrogens with two attached hydrogens (primary N) is 1. The van der Waals surface area contributed by atoms with Crippen molar-refractivity contribution in [1.82, 2.24) is 4.57 Å². The number of methoxy groups -OCH3 is 1. The second-order valence-corrected chi connectivity index (χ2v) is 9.76. The molecule has 34 heavy (non-hydrogen) atoms. The van der Waals surface area contributed by atoms with E-state index in [0.29, 0.717) is 33.6 Å². The van der Waals surface area contributed by atoms with Crippen LogP contribution in [0.25, 0.3) is 27.7 Å². The quantitative estimate of drug-likeness (QED) is 0.445. The maximum Gasteiger partial charge on any atom is 0.265 e. The van der Waals surface area contributed by atoms with Gasteiger partial charge in [0.1, 0.15) is 23.1 Å². The zero-order chi connectivity index (χ0) is 24.8. The average molecular weight is 486 g/mol. The molecular formula is C24H21F2N3O4S. The van der Waals surface area contributed by atoms with E-state index in [1.165, 1.54) is 20.2 Å². The van der Waals surface area contributed by atoms with Crippen LogP contribution < -0.4 is 14.8 Å². The van der Waals surface area contributed by atoms with Crippen molar-refractivity contribution in [2.24, 2.45) is 5.73 Å². The molecule has 0 spiro atoms. The largest absolute Gasteiger partial charge is 0.497 e. The SMILES string of the molecule is COc1cc(-c2ccc(F)cc2F)cc(-n2c(C(N)=O)cc3ccc(N(C)S(C)(=O)=O)cc32)c1. The molecule has 4 aromatic rings. The summed E-state index contributed by atoms with van der Waals surface area (Å²) in [7, 11) is -0.680. The van der Waals surface area contributed by atoms with E-state index >= 15 is 0 Å². The Labute approximate surface area is 195 Å². The van der Waals surface area contributed by atoms with E-state index in [-0.39, 0.29) is 11.3 Å². The number of carbonyl (C=O) groups is 1. The van der Waals surface area contributed by atoms with Crippen molar-refractivity contribution >= 4 is 32.5 Å². The van der Waals surface area contributed by atoms with Gasteiger partial charge in [0.25, 0.3) is 5.91 Å². The normalized spacial score (nSPS) is 11.6. The van der Waals surface area contributed by atoms with Crippen LogP contribution in [0.15, 0.2) is 60.7 Å². The van der Waals surface area contributed by atoms with E-state index in [1.54, 1.807) is 47.0 Å². The van der Waals surface area contributed by atoms with Gasteiger partial charge in [0.05, 0.1) is 30.3 Å². The Morgan fingerprint density at radius 3 is 2.38 bits per heavy atom. The van der Waals surface area contributed by atoms with E-state index in [1.807, 2.05) is 0 Å². The summed E-state index contributed by atoms with van der Waals surface area (Å²) in [5.41, 5.74) is 7.59. The lowest BCUT2D eigenvalue weighted by Crippen LogP contribution is -2.24. The number of aromatic nitrogens is 1. The minimum absolute atomic E-state index is 0.132. The number of anilines is 1. The molecule has 0 aliphatic heterocycles. The van der Waals surface area contributed by atoms with Gasteiger partial charge in [-0.25, -0.2) is 17.2 Å². The minimum atomic E-state index is -3.53. The van der Waals surface area contributed by atoms with Gasteiger partial charge in [-0.2, -0.15) is 0 Å². The molecule has 1 heterocycles. The van der Waals surface area contributed by atoms with Crippen LogP contribution in [0.3, 0.4) is 0 Å². The van der Waals surface area contributed by atoms with Crippen LogP contribution in [-0.4, -0.2) is 39.3 Å². The number of ether oxygens (including phenoxy) is 1. The highest BCUT2D eigenvalue weighted by atomic mass is 32.2. The summed E-state index contributed by atoms with van der Waals surface area (Å²) >= 11 is 0. The van der Waals surface area contributed by atoms with Crippen LogP contribution in [0.1, 0.15) is 10.5 Å². The molecule has 10 heteroatoms. The van der Waals surface area contributed by atoms with Crippen molar-refractivity contribution < 1.29 is 26.7 Å². The summed E-state index contributed by atoms with van der Waals surface area (Å²) in [4.78, 5) is 12.3. The van der Waals surface area contributed by atoms with Gasteiger partial charge in [0.15, 0.2) is 0 Å². The molecular weight excluding hydrogens is 464 g/mol. The highest BCUT2D eigenvalue weighted by molar-refractivity contribution is 7.92. The van der Waals surface area contributed by atoms with Crippen LogP contribution in [0.5, 0.6) is 5.75 Å². The van der Waals surface area contributed by atoms with Gasteiger partial charge in [-0.1, -0.05) is 6.07 Å². The summed E-state index contributed by atoms with van der Waals surface area (Å²) in [5.74, 6) is -1.83. The van der Waals surface area contributed by atoms with Crippen LogP contribution >= 0.6 is 0 Å². The summed E-state index contributed by atoms with van der Waals surface area (Å²) in [6.45, 7) is 0. The third-order valence-electron chi connectivity index (χ3n) is 5.53. The molecule has 176 valence electrons. The Balaban J connectivity index is 2.01. The van der Waals surface area contributed by atoms with Gasteiger partial charge in [-0.3, -0.25) is 9.10 Å². The zero-order valence-electron chi connectivity index (χ0n) is 18.5. The summed E-state index contributed by atoms with van der Waals surface area (Å²) < 4.78 is 60.1. The third-order valence-corrected chi connectivity index (χ3v) is 6.73. The second kappa shape index (κ2) is 8.45. The molecule has 1 aromatic heterocycles. The molecule has 0 radical (unpaired) electrons. The standard InChI is InChI=1S/C24H21F2N3O4S/c1-28(34(3,31)32)17-6-4-14-10-23(24(27)30)29(22(14)13-17)18-8-15(9-19(12-18)33-2)20-7-5-16(25)11-21(20)26/h4-13H,1-3H3,(H2,27,30). The predicted molar refractivity (Wildman–Crippen MR) is 127 cm³/mol. The summed E-state index contributed by atoms with van der Waals surface area (Å²) in [6.07, 6.45) is 1.08. The van der Waals surface area contributed by atoms with Crippen LogP contribution in [0.4, 0.5) is 14.5 Å². The monoisotopic (exact) mass is 485 g/mol. The molecule has 0 aliphatic rings. The highest BCUT2D eigenvalue weighted by Crippen LogP contribution is 2.34. The Morgan fingerprint density at radius 1 is 1.03 bits per heavy atom. The number of rotatable bonds is 6. The van der Waals surface area contributed by atoms with Crippen LogP contribution in [-0.2, 0) is 10.0 Å². The minimum Gasteiger partial charge on any atom is -0.497 e. The summed E-state index contributed by atoms with van der Waals surface area (Å²) in [6, 6.07) is 14.5. The van der Waals surface area contributed by atoms with Crippen molar-refractivity contribution in [3.05, 3.63) is 78.0 Å². The number of benzene rings is 3. The number of sulfonamides is 1. The number of hydrogen-bond donors (Lipinski definition) is 1. The third kappa shape index (κ3) is 4.19. The van der Waals surface area contributed by atoms with Crippen molar-refractivity contribution in [1.29, 1.82) is 0 Å². The molecule has 0 saturated heterocycles. The smallest absolute Gasteiger partial charge is 0.265 e. The van der Waals surface area contributed by atoms with E-state index in [2.05, 4.69) is 0 Å². The first-order chi connectivity index (χ1) is 16.0. The van der Waals surface area contributed by atoms with Crippen molar-refractivity contribution in [3.8, 4) is 22.6 Å². The second-order valence-electron chi connectivity index (χ2n) is 7.75. The molecule has 0 unspecified atom stereocenters. The molecule has 4 rings (SSSR count). The Bertz CT molecular complexity index is 1550. The Morgan fingerprint density at radius 2 is 1.76 bits per heavy atom. The molecule has 0 fully saturated rings. The van der Waals surface area contributed by atoms with Gasteiger partial charge < -0.3 is 15.0 Å². The summed E-state index contributed by atoms with van der Waals surface area (Å²) in [5, 5.41) is 0.636. The first-order valence-corrected chi connectivity index (χ1v) is 11.9. The van der Waals surface area contributed by atoms with Crippen LogP contribution in [0.2, 0.25) is 0 Å². The maximum atomic E-state index is 14.5. The Kier molecular flexibility index (Phi) is 5.78. The average Bonchev–Trinajstić information content (AvgIpc) is 3.16. The lowest BCUT2D eigenvalue weighted by atomic mass is 10.0. The van der Waals surface area contributed by atoms with E-state index in [9.17, 15) is 22.0 Å². The number of nitrogens with zero attached hydrogens (tertiary/aromatic N) is 2. The predicted octanol–water partition coefficient (Wildman–Crippen LogP) is 4.08. The molecule has 2 N–H and O–H groups in total. The number of amides is 1. The van der Waals surface area contributed by atoms with Gasteiger partial charge in [-0.05, 0) is 48.0 Å². The van der Waals surface area contributed by atoms with Gasteiger partial charge in [0.2, 0.25) is 10.0 Å². The number of halogens is 2. The van der Waals surface area contributed by atoms with Crippen molar-refractivity contribution in [2.75, 3.05) is 24.7 Å². The van der Waals surface area contributed by atoms with Crippen molar-refractivity contribution in [3.63, 3.8) is 0 Å². The Hall–Kier alpha value is -3.92.